The minimum absolute atomic E-state index is 0.167. The number of nitrogens with one attached hydrogen (secondary N) is 2. The van der Waals surface area contributed by atoms with E-state index in [1.807, 2.05) is 18.2 Å². The largest absolute Gasteiger partial charge is 0.361 e. The van der Waals surface area contributed by atoms with Gasteiger partial charge in [0, 0.05) is 35.1 Å². The minimum Gasteiger partial charge on any atom is -0.361 e. The summed E-state index contributed by atoms with van der Waals surface area (Å²) in [6.45, 7) is 5.00. The van der Waals surface area contributed by atoms with Crippen molar-refractivity contribution in [2.45, 2.75) is 58.3 Å². The van der Waals surface area contributed by atoms with Crippen molar-refractivity contribution in [3.63, 3.8) is 0 Å². The molecule has 25 heavy (non-hydrogen) atoms. The maximum Gasteiger partial charge on any atom is 0.220 e. The summed E-state index contributed by atoms with van der Waals surface area (Å²) in [5, 5.41) is 5.01. The SMILES string of the molecule is CC(C)CNC(=O)C[C@H](c1c[nH]c2ccc(Cl)cc12)C1CCCCC1. The molecule has 3 nitrogen and oxygen atoms in total. The molecule has 1 saturated carbocycles. The van der Waals surface area contributed by atoms with E-state index in [-0.39, 0.29) is 11.8 Å². The standard InChI is InChI=1S/C21H29ClN2O/c1-14(2)12-24-21(25)11-17(15-6-4-3-5-7-15)19-13-23-20-9-8-16(22)10-18(19)20/h8-10,13-15,17,23H,3-7,11-12H2,1-2H3,(H,24,25)/t17-/m0/s1. The molecule has 0 aliphatic heterocycles. The van der Waals surface area contributed by atoms with E-state index in [0.717, 1.165) is 17.1 Å². The third-order valence-corrected chi connectivity index (χ3v) is 5.64. The monoisotopic (exact) mass is 360 g/mol. The fourth-order valence-corrected chi connectivity index (χ4v) is 4.25. The second-order valence-corrected chi connectivity index (χ2v) is 8.28. The first-order valence-corrected chi connectivity index (χ1v) is 9.95. The Labute approximate surface area is 155 Å². The Bertz CT molecular complexity index is 716. The minimum atomic E-state index is 0.167. The summed E-state index contributed by atoms with van der Waals surface area (Å²) in [7, 11) is 0. The van der Waals surface area contributed by atoms with Crippen LogP contribution in [0.25, 0.3) is 10.9 Å². The molecule has 1 fully saturated rings. The van der Waals surface area contributed by atoms with E-state index in [4.69, 9.17) is 11.6 Å². The van der Waals surface area contributed by atoms with Gasteiger partial charge in [-0.2, -0.15) is 0 Å². The fourth-order valence-electron chi connectivity index (χ4n) is 4.08. The smallest absolute Gasteiger partial charge is 0.220 e. The zero-order valence-electron chi connectivity index (χ0n) is 15.3. The van der Waals surface area contributed by atoms with Crippen LogP contribution >= 0.6 is 11.6 Å². The first-order chi connectivity index (χ1) is 12.0. The van der Waals surface area contributed by atoms with Gasteiger partial charge in [-0.3, -0.25) is 4.79 Å². The topological polar surface area (TPSA) is 44.9 Å². The second-order valence-electron chi connectivity index (χ2n) is 7.84. The maximum absolute atomic E-state index is 12.6. The summed E-state index contributed by atoms with van der Waals surface area (Å²) >= 11 is 6.24. The van der Waals surface area contributed by atoms with Crippen LogP contribution in [0.3, 0.4) is 0 Å². The predicted molar refractivity (Wildman–Crippen MR) is 105 cm³/mol. The molecular weight excluding hydrogens is 332 g/mol. The summed E-state index contributed by atoms with van der Waals surface area (Å²) in [6.07, 6.45) is 8.97. The first kappa shape index (κ1) is 18.3. The van der Waals surface area contributed by atoms with Crippen LogP contribution in [0, 0.1) is 11.8 Å². The molecule has 4 heteroatoms. The summed E-state index contributed by atoms with van der Waals surface area (Å²) in [4.78, 5) is 15.9. The average Bonchev–Trinajstić information content (AvgIpc) is 3.01. The lowest BCUT2D eigenvalue weighted by atomic mass is 9.75. The van der Waals surface area contributed by atoms with Crippen molar-refractivity contribution in [2.24, 2.45) is 11.8 Å². The van der Waals surface area contributed by atoms with Gasteiger partial charge in [-0.1, -0.05) is 44.7 Å². The lowest BCUT2D eigenvalue weighted by Crippen LogP contribution is -2.30. The molecule has 2 aromatic rings. The highest BCUT2D eigenvalue weighted by Gasteiger charge is 2.29. The Morgan fingerprint density at radius 3 is 2.76 bits per heavy atom. The summed E-state index contributed by atoms with van der Waals surface area (Å²) in [5.74, 6) is 1.49. The molecule has 1 aliphatic carbocycles. The van der Waals surface area contributed by atoms with E-state index in [2.05, 4.69) is 30.3 Å². The summed E-state index contributed by atoms with van der Waals surface area (Å²) in [5.41, 5.74) is 2.35. The Kier molecular flexibility index (Phi) is 6.06. The first-order valence-electron chi connectivity index (χ1n) is 9.58. The highest BCUT2D eigenvalue weighted by Crippen LogP contribution is 2.41. The number of carbonyl (C=O) groups excluding carboxylic acids is 1. The van der Waals surface area contributed by atoms with Gasteiger partial charge in [-0.15, -0.1) is 0 Å². The van der Waals surface area contributed by atoms with Gasteiger partial charge in [0.15, 0.2) is 0 Å². The molecule has 1 aromatic heterocycles. The van der Waals surface area contributed by atoms with Gasteiger partial charge in [0.25, 0.3) is 0 Å². The molecule has 0 bridgehead atoms. The van der Waals surface area contributed by atoms with E-state index >= 15 is 0 Å². The Hall–Kier alpha value is -1.48. The number of aromatic amines is 1. The summed E-state index contributed by atoms with van der Waals surface area (Å²) < 4.78 is 0. The van der Waals surface area contributed by atoms with Crippen LogP contribution in [0.5, 0.6) is 0 Å². The number of hydrogen-bond donors (Lipinski definition) is 2. The third-order valence-electron chi connectivity index (χ3n) is 5.41. The van der Waals surface area contributed by atoms with Gasteiger partial charge in [-0.25, -0.2) is 0 Å². The number of halogens is 1. The molecule has 0 saturated heterocycles. The molecule has 0 radical (unpaired) electrons. The van der Waals surface area contributed by atoms with E-state index < -0.39 is 0 Å². The van der Waals surface area contributed by atoms with Crippen molar-refractivity contribution < 1.29 is 4.79 Å². The van der Waals surface area contributed by atoms with Crippen LogP contribution in [-0.4, -0.2) is 17.4 Å². The Morgan fingerprint density at radius 1 is 1.28 bits per heavy atom. The van der Waals surface area contributed by atoms with Crippen molar-refractivity contribution in [3.8, 4) is 0 Å². The van der Waals surface area contributed by atoms with Crippen LogP contribution in [0.4, 0.5) is 0 Å². The van der Waals surface area contributed by atoms with E-state index in [0.29, 0.717) is 18.3 Å². The molecule has 1 atom stereocenters. The number of rotatable bonds is 6. The van der Waals surface area contributed by atoms with Gasteiger partial charge in [0.2, 0.25) is 5.91 Å². The molecule has 0 unspecified atom stereocenters. The number of amides is 1. The number of benzene rings is 1. The molecule has 1 heterocycles. The summed E-state index contributed by atoms with van der Waals surface area (Å²) in [6, 6.07) is 5.97. The third kappa shape index (κ3) is 4.58. The van der Waals surface area contributed by atoms with Gasteiger partial charge in [-0.05, 0) is 54.4 Å². The molecular formula is C21H29ClN2O. The van der Waals surface area contributed by atoms with Crippen LogP contribution < -0.4 is 5.32 Å². The molecule has 2 N–H and O–H groups in total. The number of fused-ring (bicyclic) bond motifs is 1. The van der Waals surface area contributed by atoms with Crippen LogP contribution in [0.15, 0.2) is 24.4 Å². The van der Waals surface area contributed by atoms with Crippen molar-refractivity contribution >= 4 is 28.4 Å². The predicted octanol–water partition coefficient (Wildman–Crippen LogP) is 5.65. The molecule has 136 valence electrons. The molecule has 1 aromatic carbocycles. The normalized spacial score (nSPS) is 17.1. The lowest BCUT2D eigenvalue weighted by Gasteiger charge is -2.30. The van der Waals surface area contributed by atoms with E-state index in [1.165, 1.54) is 43.1 Å². The number of H-pyrrole nitrogens is 1. The lowest BCUT2D eigenvalue weighted by molar-refractivity contribution is -0.122. The maximum atomic E-state index is 12.6. The second kappa shape index (κ2) is 8.27. The van der Waals surface area contributed by atoms with E-state index in [9.17, 15) is 4.79 Å². The van der Waals surface area contributed by atoms with Crippen LogP contribution in [-0.2, 0) is 4.79 Å². The zero-order valence-corrected chi connectivity index (χ0v) is 16.0. The zero-order chi connectivity index (χ0) is 17.8. The van der Waals surface area contributed by atoms with Crippen molar-refractivity contribution in [2.75, 3.05) is 6.54 Å². The molecule has 1 amide bonds. The van der Waals surface area contributed by atoms with Gasteiger partial charge < -0.3 is 10.3 Å². The van der Waals surface area contributed by atoms with Gasteiger partial charge in [0.05, 0.1) is 0 Å². The van der Waals surface area contributed by atoms with Gasteiger partial charge >= 0.3 is 0 Å². The average molecular weight is 361 g/mol. The van der Waals surface area contributed by atoms with Crippen LogP contribution in [0.2, 0.25) is 5.02 Å². The number of carbonyl (C=O) groups is 1. The number of aromatic nitrogens is 1. The van der Waals surface area contributed by atoms with Crippen molar-refractivity contribution in [1.29, 1.82) is 0 Å². The Morgan fingerprint density at radius 2 is 2.04 bits per heavy atom. The van der Waals surface area contributed by atoms with Crippen molar-refractivity contribution in [1.82, 2.24) is 10.3 Å². The quantitative estimate of drug-likeness (QED) is 0.687. The van der Waals surface area contributed by atoms with Gasteiger partial charge in [0.1, 0.15) is 0 Å². The van der Waals surface area contributed by atoms with E-state index in [1.54, 1.807) is 0 Å². The molecule has 1 aliphatic rings. The van der Waals surface area contributed by atoms with Crippen molar-refractivity contribution in [3.05, 3.63) is 35.0 Å². The Balaban J connectivity index is 1.86. The van der Waals surface area contributed by atoms with Crippen LogP contribution in [0.1, 0.15) is 63.9 Å². The highest BCUT2D eigenvalue weighted by atomic mass is 35.5. The molecule has 0 spiro atoms. The fraction of sp³-hybridized carbons (Fsp3) is 0.571. The number of hydrogen-bond acceptors (Lipinski definition) is 1. The molecule has 3 rings (SSSR count). The highest BCUT2D eigenvalue weighted by molar-refractivity contribution is 6.31.